The van der Waals surface area contributed by atoms with E-state index in [0.717, 1.165) is 12.8 Å². The van der Waals surface area contributed by atoms with Crippen molar-refractivity contribution in [3.63, 3.8) is 0 Å². The first-order valence-electron chi connectivity index (χ1n) is 5.98. The number of aromatic hydroxyl groups is 2. The highest BCUT2D eigenvalue weighted by molar-refractivity contribution is 6.18. The molecule has 100 valence electrons. The summed E-state index contributed by atoms with van der Waals surface area (Å²) in [7, 11) is 0. The lowest BCUT2D eigenvalue weighted by atomic mass is 10.1. The van der Waals surface area contributed by atoms with E-state index in [9.17, 15) is 15.0 Å². The predicted octanol–water partition coefficient (Wildman–Crippen LogP) is 2.58. The first kappa shape index (κ1) is 14.6. The van der Waals surface area contributed by atoms with Crippen molar-refractivity contribution in [2.45, 2.75) is 19.8 Å². The summed E-state index contributed by atoms with van der Waals surface area (Å²) in [4.78, 5) is 13.8. The van der Waals surface area contributed by atoms with E-state index in [1.54, 1.807) is 4.90 Å². The molecule has 0 saturated carbocycles. The molecule has 0 aliphatic rings. The number of unbranched alkanes of at least 4 members (excludes halogenated alkanes) is 1. The zero-order valence-electron chi connectivity index (χ0n) is 10.4. The fraction of sp³-hybridized carbons (Fsp3) is 0.462. The molecule has 0 aromatic heterocycles. The molecule has 1 rings (SSSR count). The first-order chi connectivity index (χ1) is 8.61. The molecule has 0 radical (unpaired) electrons. The molecule has 1 amide bonds. The monoisotopic (exact) mass is 271 g/mol. The van der Waals surface area contributed by atoms with Crippen LogP contribution in [0.25, 0.3) is 0 Å². The van der Waals surface area contributed by atoms with Gasteiger partial charge in [-0.05, 0) is 18.6 Å². The molecule has 0 unspecified atom stereocenters. The Morgan fingerprint density at radius 3 is 2.67 bits per heavy atom. The molecule has 0 fully saturated rings. The van der Waals surface area contributed by atoms with E-state index in [1.807, 2.05) is 6.92 Å². The average molecular weight is 272 g/mol. The van der Waals surface area contributed by atoms with Crippen molar-refractivity contribution in [2.24, 2.45) is 0 Å². The van der Waals surface area contributed by atoms with Gasteiger partial charge >= 0.3 is 0 Å². The number of rotatable bonds is 6. The van der Waals surface area contributed by atoms with Crippen LogP contribution in [0, 0.1) is 0 Å². The molecular weight excluding hydrogens is 254 g/mol. The Balaban J connectivity index is 2.90. The maximum absolute atomic E-state index is 12.2. The Labute approximate surface area is 112 Å². The molecule has 18 heavy (non-hydrogen) atoms. The number of carbonyl (C=O) groups excluding carboxylic acids is 1. The second-order valence-electron chi connectivity index (χ2n) is 4.01. The summed E-state index contributed by atoms with van der Waals surface area (Å²) in [5, 5.41) is 19.1. The zero-order valence-corrected chi connectivity index (χ0v) is 11.2. The van der Waals surface area contributed by atoms with Gasteiger partial charge in [-0.2, -0.15) is 0 Å². The molecule has 0 heterocycles. The molecule has 0 saturated heterocycles. The number of para-hydroxylation sites is 1. The number of amides is 1. The second-order valence-corrected chi connectivity index (χ2v) is 4.39. The van der Waals surface area contributed by atoms with Gasteiger partial charge in [0.1, 0.15) is 0 Å². The quantitative estimate of drug-likeness (QED) is 0.617. The molecule has 4 nitrogen and oxygen atoms in total. The van der Waals surface area contributed by atoms with Gasteiger partial charge in [-0.25, -0.2) is 0 Å². The molecule has 1 aromatic rings. The van der Waals surface area contributed by atoms with Crippen LogP contribution < -0.4 is 0 Å². The zero-order chi connectivity index (χ0) is 13.5. The van der Waals surface area contributed by atoms with Gasteiger partial charge in [-0.3, -0.25) is 4.79 Å². The first-order valence-corrected chi connectivity index (χ1v) is 6.51. The van der Waals surface area contributed by atoms with Crippen molar-refractivity contribution in [3.05, 3.63) is 23.8 Å². The fourth-order valence-corrected chi connectivity index (χ4v) is 1.84. The van der Waals surface area contributed by atoms with Crippen LogP contribution in [0.2, 0.25) is 0 Å². The minimum Gasteiger partial charge on any atom is -0.504 e. The molecule has 0 spiro atoms. The Bertz CT molecular complexity index is 409. The molecule has 0 aliphatic heterocycles. The van der Waals surface area contributed by atoms with Crippen molar-refractivity contribution < 1.29 is 15.0 Å². The lowest BCUT2D eigenvalue weighted by molar-refractivity contribution is 0.0759. The van der Waals surface area contributed by atoms with Crippen molar-refractivity contribution >= 4 is 17.5 Å². The van der Waals surface area contributed by atoms with Gasteiger partial charge in [-0.15, -0.1) is 11.6 Å². The van der Waals surface area contributed by atoms with Crippen LogP contribution in [0.15, 0.2) is 18.2 Å². The predicted molar refractivity (Wildman–Crippen MR) is 71.3 cm³/mol. The van der Waals surface area contributed by atoms with Gasteiger partial charge in [0.25, 0.3) is 5.91 Å². The summed E-state index contributed by atoms with van der Waals surface area (Å²) in [6.07, 6.45) is 1.85. The number of alkyl halides is 1. The lowest BCUT2D eigenvalue weighted by Crippen LogP contribution is -2.33. The third kappa shape index (κ3) is 3.53. The van der Waals surface area contributed by atoms with Gasteiger partial charge in [0.15, 0.2) is 11.5 Å². The summed E-state index contributed by atoms with van der Waals surface area (Å²) in [6.45, 7) is 3.06. The highest BCUT2D eigenvalue weighted by Crippen LogP contribution is 2.29. The number of phenols is 2. The molecule has 1 aromatic carbocycles. The Hall–Kier alpha value is -1.42. The number of phenolic OH excluding ortho intramolecular Hbond substituents is 2. The van der Waals surface area contributed by atoms with E-state index < -0.39 is 0 Å². The van der Waals surface area contributed by atoms with Gasteiger partial charge < -0.3 is 15.1 Å². The van der Waals surface area contributed by atoms with Crippen LogP contribution >= 0.6 is 11.6 Å². The molecule has 0 atom stereocenters. The van der Waals surface area contributed by atoms with Crippen molar-refractivity contribution in [1.29, 1.82) is 0 Å². The Morgan fingerprint density at radius 1 is 1.33 bits per heavy atom. The van der Waals surface area contributed by atoms with E-state index >= 15 is 0 Å². The number of hydrogen-bond donors (Lipinski definition) is 2. The smallest absolute Gasteiger partial charge is 0.257 e. The summed E-state index contributed by atoms with van der Waals surface area (Å²) in [5.74, 6) is -0.632. The number of carbonyl (C=O) groups is 1. The van der Waals surface area contributed by atoms with Gasteiger partial charge in [0.05, 0.1) is 5.56 Å². The summed E-state index contributed by atoms with van der Waals surface area (Å²) in [6, 6.07) is 4.36. The van der Waals surface area contributed by atoms with E-state index in [1.165, 1.54) is 18.2 Å². The van der Waals surface area contributed by atoms with Gasteiger partial charge in [0.2, 0.25) is 0 Å². The number of hydrogen-bond acceptors (Lipinski definition) is 3. The molecule has 0 bridgehead atoms. The van der Waals surface area contributed by atoms with Crippen molar-refractivity contribution in [3.8, 4) is 11.5 Å². The molecule has 5 heteroatoms. The average Bonchev–Trinajstić information content (AvgIpc) is 2.37. The second kappa shape index (κ2) is 7.11. The number of nitrogens with zero attached hydrogens (tertiary/aromatic N) is 1. The lowest BCUT2D eigenvalue weighted by Gasteiger charge is -2.22. The van der Waals surface area contributed by atoms with Crippen LogP contribution in [-0.2, 0) is 0 Å². The topological polar surface area (TPSA) is 60.8 Å². The van der Waals surface area contributed by atoms with E-state index in [-0.39, 0.29) is 23.0 Å². The Morgan fingerprint density at radius 2 is 2.06 bits per heavy atom. The van der Waals surface area contributed by atoms with E-state index in [2.05, 4.69) is 0 Å². The van der Waals surface area contributed by atoms with E-state index in [0.29, 0.717) is 19.0 Å². The maximum Gasteiger partial charge on any atom is 0.257 e. The third-order valence-electron chi connectivity index (χ3n) is 2.67. The molecule has 2 N–H and O–H groups in total. The Kier molecular flexibility index (Phi) is 5.78. The minimum atomic E-state index is -0.376. The van der Waals surface area contributed by atoms with Crippen LogP contribution in [0.5, 0.6) is 11.5 Å². The number of benzene rings is 1. The third-order valence-corrected chi connectivity index (χ3v) is 2.84. The van der Waals surface area contributed by atoms with Crippen LogP contribution in [-0.4, -0.2) is 40.0 Å². The molecular formula is C13H18ClNO3. The van der Waals surface area contributed by atoms with Crippen LogP contribution in [0.3, 0.4) is 0 Å². The van der Waals surface area contributed by atoms with Crippen molar-refractivity contribution in [1.82, 2.24) is 4.90 Å². The SMILES string of the molecule is CCCCN(CCCl)C(=O)c1cccc(O)c1O. The van der Waals surface area contributed by atoms with E-state index in [4.69, 9.17) is 11.6 Å². The highest BCUT2D eigenvalue weighted by atomic mass is 35.5. The standard InChI is InChI=1S/C13H18ClNO3/c1-2-3-8-15(9-7-14)13(18)10-5-4-6-11(16)12(10)17/h4-6,16-17H,2-3,7-9H2,1H3. The van der Waals surface area contributed by atoms with Crippen LogP contribution in [0.1, 0.15) is 30.1 Å². The minimum absolute atomic E-state index is 0.108. The van der Waals surface area contributed by atoms with Crippen molar-refractivity contribution in [2.75, 3.05) is 19.0 Å². The van der Waals surface area contributed by atoms with Crippen LogP contribution in [0.4, 0.5) is 0 Å². The van der Waals surface area contributed by atoms with Gasteiger partial charge in [-0.1, -0.05) is 19.4 Å². The molecule has 0 aliphatic carbocycles. The maximum atomic E-state index is 12.2. The number of halogens is 1. The normalized spacial score (nSPS) is 10.3. The summed E-state index contributed by atoms with van der Waals surface area (Å²) < 4.78 is 0. The highest BCUT2D eigenvalue weighted by Gasteiger charge is 2.19. The summed E-state index contributed by atoms with van der Waals surface area (Å²) >= 11 is 5.67. The summed E-state index contributed by atoms with van der Waals surface area (Å²) in [5.41, 5.74) is 0.108. The fourth-order valence-electron chi connectivity index (χ4n) is 1.64. The largest absolute Gasteiger partial charge is 0.504 e. The van der Waals surface area contributed by atoms with Gasteiger partial charge in [0, 0.05) is 19.0 Å².